The van der Waals surface area contributed by atoms with Crippen molar-refractivity contribution in [3.63, 3.8) is 0 Å². The van der Waals surface area contributed by atoms with Crippen LogP contribution in [0.15, 0.2) is 12.1 Å². The van der Waals surface area contributed by atoms with Gasteiger partial charge in [0.05, 0.1) is 5.69 Å². The van der Waals surface area contributed by atoms with Gasteiger partial charge in [-0.2, -0.15) is 5.10 Å². The molecule has 1 aliphatic rings. The molecule has 0 aliphatic carbocycles. The van der Waals surface area contributed by atoms with Crippen LogP contribution in [0.4, 0.5) is 5.82 Å². The molecule has 1 fully saturated rings. The van der Waals surface area contributed by atoms with E-state index < -0.39 is 5.97 Å². The van der Waals surface area contributed by atoms with Crippen molar-refractivity contribution in [1.82, 2.24) is 15.1 Å². The lowest BCUT2D eigenvalue weighted by Crippen LogP contribution is -2.49. The third kappa shape index (κ3) is 3.69. The lowest BCUT2D eigenvalue weighted by molar-refractivity contribution is -0.143. The minimum Gasteiger partial charge on any atom is -0.480 e. The van der Waals surface area contributed by atoms with Gasteiger partial charge in [0.25, 0.3) is 0 Å². The van der Waals surface area contributed by atoms with E-state index >= 15 is 0 Å². The molecule has 0 bridgehead atoms. The molecule has 0 amide bonds. The van der Waals surface area contributed by atoms with Crippen molar-refractivity contribution < 1.29 is 9.90 Å². The van der Waals surface area contributed by atoms with Crippen molar-refractivity contribution >= 4 is 11.8 Å². The predicted octanol–water partition coefficient (Wildman–Crippen LogP) is 1.55. The molecule has 1 unspecified atom stereocenters. The van der Waals surface area contributed by atoms with Crippen LogP contribution in [-0.4, -0.2) is 58.4 Å². The summed E-state index contributed by atoms with van der Waals surface area (Å²) in [5.41, 5.74) is 0.911. The van der Waals surface area contributed by atoms with Gasteiger partial charge in [-0.05, 0) is 38.3 Å². The van der Waals surface area contributed by atoms with E-state index in [0.29, 0.717) is 12.5 Å². The van der Waals surface area contributed by atoms with Crippen LogP contribution in [0, 0.1) is 6.92 Å². The largest absolute Gasteiger partial charge is 0.480 e. The molecular weight excluding hydrogens is 268 g/mol. The molecule has 1 aliphatic heterocycles. The lowest BCUT2D eigenvalue weighted by Gasteiger charge is -2.39. The number of carboxylic acids is 1. The molecule has 6 heteroatoms. The van der Waals surface area contributed by atoms with E-state index in [1.807, 2.05) is 33.0 Å². The van der Waals surface area contributed by atoms with Gasteiger partial charge in [-0.1, -0.05) is 6.92 Å². The molecular formula is C15H24N4O2. The summed E-state index contributed by atoms with van der Waals surface area (Å²) in [6.45, 7) is 5.49. The fraction of sp³-hybridized carbons (Fsp3) is 0.667. The second-order valence-corrected chi connectivity index (χ2v) is 5.67. The number of nitrogens with zero attached hydrogens (tertiary/aromatic N) is 4. The number of carbonyl (C=O) groups is 1. The van der Waals surface area contributed by atoms with Crippen molar-refractivity contribution in [3.8, 4) is 0 Å². The molecule has 116 valence electrons. The van der Waals surface area contributed by atoms with Gasteiger partial charge >= 0.3 is 5.97 Å². The van der Waals surface area contributed by atoms with Gasteiger partial charge in [0.15, 0.2) is 5.82 Å². The van der Waals surface area contributed by atoms with Gasteiger partial charge < -0.3 is 10.0 Å². The molecule has 2 rings (SSSR count). The summed E-state index contributed by atoms with van der Waals surface area (Å²) in [6.07, 6.45) is 2.56. The second-order valence-electron chi connectivity index (χ2n) is 5.67. The number of aryl methyl sites for hydroxylation is 1. The van der Waals surface area contributed by atoms with Crippen molar-refractivity contribution in [2.45, 2.75) is 45.2 Å². The second kappa shape index (κ2) is 6.85. The Morgan fingerprint density at radius 2 is 2.10 bits per heavy atom. The van der Waals surface area contributed by atoms with Crippen molar-refractivity contribution in [1.29, 1.82) is 0 Å². The van der Waals surface area contributed by atoms with E-state index in [-0.39, 0.29) is 6.04 Å². The maximum atomic E-state index is 11.2. The first-order valence-corrected chi connectivity index (χ1v) is 7.53. The fourth-order valence-corrected chi connectivity index (χ4v) is 2.94. The predicted molar refractivity (Wildman–Crippen MR) is 81.5 cm³/mol. The summed E-state index contributed by atoms with van der Waals surface area (Å²) < 4.78 is 0. The molecule has 1 aromatic rings. The monoisotopic (exact) mass is 292 g/mol. The standard InChI is InChI=1S/C15H24N4O2/c1-4-13(15(20)21)19-9-7-12(8-10-19)18(3)14-6-5-11(2)16-17-14/h5-6,12-13H,4,7-10H2,1-3H3,(H,20,21). The van der Waals surface area contributed by atoms with Crippen molar-refractivity contribution in [2.24, 2.45) is 0 Å². The minimum absolute atomic E-state index is 0.351. The first-order chi connectivity index (χ1) is 10.0. The maximum absolute atomic E-state index is 11.2. The Morgan fingerprint density at radius 3 is 2.57 bits per heavy atom. The number of aromatic nitrogens is 2. The molecule has 1 saturated heterocycles. The number of piperidine rings is 1. The van der Waals surface area contributed by atoms with E-state index in [1.54, 1.807) is 0 Å². The molecule has 0 aromatic carbocycles. The first-order valence-electron chi connectivity index (χ1n) is 7.53. The Hall–Kier alpha value is -1.69. The van der Waals surface area contributed by atoms with Gasteiger partial charge in [0.2, 0.25) is 0 Å². The van der Waals surface area contributed by atoms with Crippen LogP contribution in [0.5, 0.6) is 0 Å². The third-order valence-corrected chi connectivity index (χ3v) is 4.30. The van der Waals surface area contributed by atoms with Crippen LogP contribution >= 0.6 is 0 Å². The highest BCUT2D eigenvalue weighted by Gasteiger charge is 2.30. The number of hydrogen-bond donors (Lipinski definition) is 1. The zero-order chi connectivity index (χ0) is 15.4. The van der Waals surface area contributed by atoms with Gasteiger partial charge in [-0.25, -0.2) is 0 Å². The molecule has 0 saturated carbocycles. The highest BCUT2D eigenvalue weighted by atomic mass is 16.4. The van der Waals surface area contributed by atoms with Crippen LogP contribution in [0.1, 0.15) is 31.9 Å². The molecule has 1 aromatic heterocycles. The fourth-order valence-electron chi connectivity index (χ4n) is 2.94. The Morgan fingerprint density at radius 1 is 1.43 bits per heavy atom. The average molecular weight is 292 g/mol. The van der Waals surface area contributed by atoms with E-state index in [2.05, 4.69) is 20.0 Å². The lowest BCUT2D eigenvalue weighted by atomic mass is 10.0. The Kier molecular flexibility index (Phi) is 5.12. The van der Waals surface area contributed by atoms with E-state index in [1.165, 1.54) is 0 Å². The Labute approximate surface area is 125 Å². The van der Waals surface area contributed by atoms with Crippen LogP contribution in [0.3, 0.4) is 0 Å². The maximum Gasteiger partial charge on any atom is 0.320 e. The summed E-state index contributed by atoms with van der Waals surface area (Å²) in [5, 5.41) is 17.5. The quantitative estimate of drug-likeness (QED) is 0.888. The highest BCUT2D eigenvalue weighted by Crippen LogP contribution is 2.22. The SMILES string of the molecule is CCC(C(=O)O)N1CCC(N(C)c2ccc(C)nn2)CC1. The first kappa shape index (κ1) is 15.7. The van der Waals surface area contributed by atoms with Gasteiger partial charge in [-0.15, -0.1) is 5.10 Å². The average Bonchev–Trinajstić information content (AvgIpc) is 2.48. The number of rotatable bonds is 5. The summed E-state index contributed by atoms with van der Waals surface area (Å²) >= 11 is 0. The third-order valence-electron chi connectivity index (χ3n) is 4.30. The van der Waals surface area contributed by atoms with Crippen molar-refractivity contribution in [3.05, 3.63) is 17.8 Å². The molecule has 21 heavy (non-hydrogen) atoms. The smallest absolute Gasteiger partial charge is 0.320 e. The van der Waals surface area contributed by atoms with Gasteiger partial charge in [-0.3, -0.25) is 9.69 Å². The van der Waals surface area contributed by atoms with Crippen LogP contribution < -0.4 is 4.90 Å². The zero-order valence-corrected chi connectivity index (χ0v) is 13.0. The minimum atomic E-state index is -0.714. The number of likely N-dealkylation sites (tertiary alicyclic amines) is 1. The van der Waals surface area contributed by atoms with Gasteiger partial charge in [0.1, 0.15) is 6.04 Å². The van der Waals surface area contributed by atoms with Crippen molar-refractivity contribution in [2.75, 3.05) is 25.0 Å². The van der Waals surface area contributed by atoms with E-state index in [0.717, 1.165) is 37.4 Å². The van der Waals surface area contributed by atoms with Crippen LogP contribution in [0.2, 0.25) is 0 Å². The zero-order valence-electron chi connectivity index (χ0n) is 13.0. The number of hydrogen-bond acceptors (Lipinski definition) is 5. The van der Waals surface area contributed by atoms with Crippen LogP contribution in [-0.2, 0) is 4.79 Å². The number of aliphatic carboxylic acids is 1. The summed E-state index contributed by atoms with van der Waals surface area (Å²) in [5.74, 6) is 0.165. The molecule has 1 atom stereocenters. The topological polar surface area (TPSA) is 69.6 Å². The summed E-state index contributed by atoms with van der Waals surface area (Å²) in [4.78, 5) is 15.5. The number of anilines is 1. The van der Waals surface area contributed by atoms with E-state index in [4.69, 9.17) is 0 Å². The molecule has 0 spiro atoms. The molecule has 2 heterocycles. The molecule has 1 N–H and O–H groups in total. The Bertz CT molecular complexity index is 469. The van der Waals surface area contributed by atoms with Gasteiger partial charge in [0, 0.05) is 26.2 Å². The highest BCUT2D eigenvalue weighted by molar-refractivity contribution is 5.73. The molecule has 6 nitrogen and oxygen atoms in total. The Balaban J connectivity index is 1.94. The number of carboxylic acid groups (broad SMARTS) is 1. The van der Waals surface area contributed by atoms with Crippen LogP contribution in [0.25, 0.3) is 0 Å². The summed E-state index contributed by atoms with van der Waals surface area (Å²) in [6, 6.07) is 3.99. The summed E-state index contributed by atoms with van der Waals surface area (Å²) in [7, 11) is 2.04. The normalized spacial score (nSPS) is 18.4. The molecule has 0 radical (unpaired) electrons. The van der Waals surface area contributed by atoms with E-state index in [9.17, 15) is 9.90 Å².